The molecule has 0 unspecified atom stereocenters. The Morgan fingerprint density at radius 3 is 2.81 bits per heavy atom. The molecule has 0 bridgehead atoms. The van der Waals surface area contributed by atoms with Crippen molar-refractivity contribution in [2.75, 3.05) is 18.0 Å². The van der Waals surface area contributed by atoms with Crippen LogP contribution in [0.4, 0.5) is 14.6 Å². The molecule has 0 aliphatic carbocycles. The van der Waals surface area contributed by atoms with Gasteiger partial charge in [-0.05, 0) is 19.1 Å². The van der Waals surface area contributed by atoms with Gasteiger partial charge in [0.1, 0.15) is 11.9 Å². The highest BCUT2D eigenvalue weighted by Gasteiger charge is 2.39. The van der Waals surface area contributed by atoms with E-state index in [1.165, 1.54) is 4.90 Å². The van der Waals surface area contributed by atoms with Crippen molar-refractivity contribution in [1.82, 2.24) is 4.98 Å². The number of halogens is 2. The van der Waals surface area contributed by atoms with Gasteiger partial charge in [0.15, 0.2) is 0 Å². The zero-order chi connectivity index (χ0) is 11.8. The van der Waals surface area contributed by atoms with Crippen molar-refractivity contribution in [1.29, 1.82) is 5.26 Å². The first-order chi connectivity index (χ1) is 7.52. The third-order valence-electron chi connectivity index (χ3n) is 2.60. The molecule has 0 atom stereocenters. The monoisotopic (exact) mass is 223 g/mol. The van der Waals surface area contributed by atoms with Gasteiger partial charge in [0.2, 0.25) is 0 Å². The molecule has 84 valence electrons. The van der Waals surface area contributed by atoms with E-state index in [1.807, 2.05) is 6.07 Å². The first-order valence-electron chi connectivity index (χ1n) is 5.02. The van der Waals surface area contributed by atoms with Crippen LogP contribution in [-0.2, 0) is 0 Å². The van der Waals surface area contributed by atoms with Crippen LogP contribution in [-0.4, -0.2) is 24.0 Å². The Morgan fingerprint density at radius 1 is 1.50 bits per heavy atom. The maximum Gasteiger partial charge on any atom is 0.266 e. The molecule has 1 fully saturated rings. The average Bonchev–Trinajstić information content (AvgIpc) is 2.59. The maximum atomic E-state index is 13.1. The highest BCUT2D eigenvalue weighted by molar-refractivity contribution is 5.55. The predicted molar refractivity (Wildman–Crippen MR) is 55.5 cm³/mol. The second kappa shape index (κ2) is 3.71. The molecule has 0 saturated carbocycles. The number of aromatic nitrogens is 1. The number of nitrogens with zero attached hydrogens (tertiary/aromatic N) is 3. The minimum atomic E-state index is -2.67. The molecule has 3 nitrogen and oxygen atoms in total. The van der Waals surface area contributed by atoms with Crippen molar-refractivity contribution in [2.24, 2.45) is 0 Å². The summed E-state index contributed by atoms with van der Waals surface area (Å²) in [6.45, 7) is 1.68. The lowest BCUT2D eigenvalue weighted by molar-refractivity contribution is 0.0256. The number of hydrogen-bond acceptors (Lipinski definition) is 3. The molecule has 0 radical (unpaired) electrons. The lowest BCUT2D eigenvalue weighted by atomic mass is 10.2. The van der Waals surface area contributed by atoms with Crippen molar-refractivity contribution in [3.63, 3.8) is 0 Å². The quantitative estimate of drug-likeness (QED) is 0.732. The molecule has 2 rings (SSSR count). The van der Waals surface area contributed by atoms with E-state index < -0.39 is 5.92 Å². The molecular formula is C11H11F2N3. The van der Waals surface area contributed by atoms with E-state index in [0.29, 0.717) is 11.4 Å². The van der Waals surface area contributed by atoms with Crippen LogP contribution >= 0.6 is 0 Å². The summed E-state index contributed by atoms with van der Waals surface area (Å²) in [5, 5.41) is 8.90. The fourth-order valence-corrected chi connectivity index (χ4v) is 1.79. The third-order valence-corrected chi connectivity index (χ3v) is 2.60. The Bertz CT molecular complexity index is 451. The largest absolute Gasteiger partial charge is 0.349 e. The fourth-order valence-electron chi connectivity index (χ4n) is 1.79. The Morgan fingerprint density at radius 2 is 2.25 bits per heavy atom. The summed E-state index contributed by atoms with van der Waals surface area (Å²) in [4.78, 5) is 5.64. The van der Waals surface area contributed by atoms with Crippen LogP contribution in [0.3, 0.4) is 0 Å². The van der Waals surface area contributed by atoms with Gasteiger partial charge in [-0.15, -0.1) is 0 Å². The van der Waals surface area contributed by atoms with Crippen LogP contribution in [0.1, 0.15) is 17.7 Å². The summed E-state index contributed by atoms with van der Waals surface area (Å²) in [5.41, 5.74) is 1.08. The highest BCUT2D eigenvalue weighted by atomic mass is 19.3. The molecule has 0 aromatic carbocycles. The second-order valence-electron chi connectivity index (χ2n) is 3.96. The third kappa shape index (κ3) is 1.96. The number of rotatable bonds is 1. The summed E-state index contributed by atoms with van der Waals surface area (Å²) < 4.78 is 26.1. The molecule has 0 spiro atoms. The van der Waals surface area contributed by atoms with Gasteiger partial charge in [0.25, 0.3) is 5.92 Å². The molecule has 2 heterocycles. The second-order valence-corrected chi connectivity index (χ2v) is 3.96. The van der Waals surface area contributed by atoms with E-state index in [9.17, 15) is 8.78 Å². The van der Waals surface area contributed by atoms with Crippen molar-refractivity contribution >= 4 is 5.82 Å². The molecule has 16 heavy (non-hydrogen) atoms. The van der Waals surface area contributed by atoms with Gasteiger partial charge in [-0.2, -0.15) is 5.26 Å². The van der Waals surface area contributed by atoms with Crippen LogP contribution in [0.25, 0.3) is 0 Å². The summed E-state index contributed by atoms with van der Waals surface area (Å²) >= 11 is 0. The maximum absolute atomic E-state index is 13.1. The van der Waals surface area contributed by atoms with Gasteiger partial charge >= 0.3 is 0 Å². The Hall–Kier alpha value is -1.70. The van der Waals surface area contributed by atoms with Crippen molar-refractivity contribution < 1.29 is 8.78 Å². The molecule has 1 aromatic rings. The minimum absolute atomic E-state index is 0.173. The smallest absolute Gasteiger partial charge is 0.266 e. The summed E-state index contributed by atoms with van der Waals surface area (Å²) in [6.07, 6.45) is -0.173. The number of alkyl halides is 2. The zero-order valence-corrected chi connectivity index (χ0v) is 8.87. The van der Waals surface area contributed by atoms with Gasteiger partial charge in [0.05, 0.1) is 12.1 Å². The molecule has 0 amide bonds. The van der Waals surface area contributed by atoms with E-state index in [2.05, 4.69) is 4.98 Å². The van der Waals surface area contributed by atoms with E-state index in [1.54, 1.807) is 19.1 Å². The molecule has 5 heteroatoms. The SMILES string of the molecule is Cc1ccc(C#N)c(N2CCC(F)(F)C2)n1. The Balaban J connectivity index is 2.34. The average molecular weight is 223 g/mol. The van der Waals surface area contributed by atoms with E-state index in [4.69, 9.17) is 5.26 Å². The van der Waals surface area contributed by atoms with Gasteiger partial charge < -0.3 is 4.90 Å². The highest BCUT2D eigenvalue weighted by Crippen LogP contribution is 2.31. The first kappa shape index (κ1) is 10.8. The van der Waals surface area contributed by atoms with Crippen LogP contribution in [0.15, 0.2) is 12.1 Å². The number of anilines is 1. The van der Waals surface area contributed by atoms with E-state index in [-0.39, 0.29) is 19.5 Å². The number of aryl methyl sites for hydroxylation is 1. The molecular weight excluding hydrogens is 212 g/mol. The topological polar surface area (TPSA) is 39.9 Å². The van der Waals surface area contributed by atoms with Gasteiger partial charge in [-0.3, -0.25) is 0 Å². The van der Waals surface area contributed by atoms with E-state index in [0.717, 1.165) is 5.69 Å². The van der Waals surface area contributed by atoms with Crippen LogP contribution in [0.2, 0.25) is 0 Å². The molecule has 1 aliphatic heterocycles. The predicted octanol–water partition coefficient (Wildman–Crippen LogP) is 2.11. The Labute approximate surface area is 92.3 Å². The van der Waals surface area contributed by atoms with Crippen molar-refractivity contribution in [3.8, 4) is 6.07 Å². The molecule has 1 saturated heterocycles. The lowest BCUT2D eigenvalue weighted by Crippen LogP contribution is -2.26. The molecule has 0 N–H and O–H groups in total. The van der Waals surface area contributed by atoms with Crippen molar-refractivity contribution in [2.45, 2.75) is 19.3 Å². The number of hydrogen-bond donors (Lipinski definition) is 0. The van der Waals surface area contributed by atoms with Crippen molar-refractivity contribution in [3.05, 3.63) is 23.4 Å². The number of nitriles is 1. The first-order valence-corrected chi connectivity index (χ1v) is 5.02. The summed E-state index contributed by atoms with van der Waals surface area (Å²) in [7, 11) is 0. The number of pyridine rings is 1. The lowest BCUT2D eigenvalue weighted by Gasteiger charge is -2.18. The minimum Gasteiger partial charge on any atom is -0.349 e. The molecule has 1 aromatic heterocycles. The Kier molecular flexibility index (Phi) is 2.50. The fraction of sp³-hybridized carbons (Fsp3) is 0.455. The van der Waals surface area contributed by atoms with E-state index >= 15 is 0 Å². The van der Waals surface area contributed by atoms with Crippen LogP contribution < -0.4 is 4.90 Å². The van der Waals surface area contributed by atoms with Crippen LogP contribution in [0.5, 0.6) is 0 Å². The summed E-state index contributed by atoms with van der Waals surface area (Å²) in [5.74, 6) is -2.29. The van der Waals surface area contributed by atoms with Gasteiger partial charge in [-0.25, -0.2) is 13.8 Å². The zero-order valence-electron chi connectivity index (χ0n) is 8.87. The molecule has 1 aliphatic rings. The standard InChI is InChI=1S/C11H11F2N3/c1-8-2-3-9(6-14)10(15-8)16-5-4-11(12,13)7-16/h2-3H,4-5,7H2,1H3. The normalized spacial score (nSPS) is 18.5. The summed E-state index contributed by atoms with van der Waals surface area (Å²) in [6, 6.07) is 5.30. The van der Waals surface area contributed by atoms with Gasteiger partial charge in [-0.1, -0.05) is 0 Å². The van der Waals surface area contributed by atoms with Gasteiger partial charge in [0, 0.05) is 18.7 Å². The van der Waals surface area contributed by atoms with Crippen LogP contribution in [0, 0.1) is 18.3 Å².